The van der Waals surface area contributed by atoms with Gasteiger partial charge in [0.2, 0.25) is 10.0 Å². The van der Waals surface area contributed by atoms with Gasteiger partial charge in [-0.3, -0.25) is 4.79 Å². The molecular formula is C19H21BrN2O3S. The maximum atomic E-state index is 12.8. The van der Waals surface area contributed by atoms with Crippen LogP contribution in [0.25, 0.3) is 0 Å². The molecule has 1 aliphatic heterocycles. The zero-order chi connectivity index (χ0) is 18.6. The minimum Gasteiger partial charge on any atom is -0.322 e. The third-order valence-corrected chi connectivity index (χ3v) is 6.86. The third-order valence-electron chi connectivity index (χ3n) is 4.42. The van der Waals surface area contributed by atoms with Gasteiger partial charge in [-0.1, -0.05) is 28.8 Å². The number of benzene rings is 2. The molecule has 5 nitrogen and oxygen atoms in total. The molecule has 0 spiro atoms. The molecule has 2 aromatic carbocycles. The number of hydrogen-bond acceptors (Lipinski definition) is 3. The van der Waals surface area contributed by atoms with E-state index < -0.39 is 10.0 Å². The predicted molar refractivity (Wildman–Crippen MR) is 106 cm³/mol. The van der Waals surface area contributed by atoms with Crippen LogP contribution in [0.2, 0.25) is 0 Å². The average molecular weight is 437 g/mol. The van der Waals surface area contributed by atoms with Crippen LogP contribution < -0.4 is 5.32 Å². The Balaban J connectivity index is 1.71. The van der Waals surface area contributed by atoms with E-state index in [4.69, 9.17) is 0 Å². The average Bonchev–Trinajstić information content (AvgIpc) is 2.93. The van der Waals surface area contributed by atoms with Gasteiger partial charge in [0.1, 0.15) is 0 Å². The quantitative estimate of drug-likeness (QED) is 0.777. The lowest BCUT2D eigenvalue weighted by Gasteiger charge is -2.20. The second-order valence-corrected chi connectivity index (χ2v) is 9.16. The van der Waals surface area contributed by atoms with Crippen molar-refractivity contribution in [3.63, 3.8) is 0 Å². The first-order valence-corrected chi connectivity index (χ1v) is 10.9. The van der Waals surface area contributed by atoms with Gasteiger partial charge in [0.25, 0.3) is 5.91 Å². The number of halogens is 1. The molecule has 0 saturated carbocycles. The summed E-state index contributed by atoms with van der Waals surface area (Å²) < 4.78 is 28.0. The molecule has 0 radical (unpaired) electrons. The van der Waals surface area contributed by atoms with Gasteiger partial charge >= 0.3 is 0 Å². The van der Waals surface area contributed by atoms with Crippen molar-refractivity contribution < 1.29 is 13.2 Å². The molecular weight excluding hydrogens is 416 g/mol. The van der Waals surface area contributed by atoms with Crippen LogP contribution in [0.1, 0.15) is 36.0 Å². The number of nitrogens with one attached hydrogen (secondary N) is 1. The number of carbonyl (C=O) groups excluding carboxylic acids is 1. The Morgan fingerprint density at radius 1 is 0.885 bits per heavy atom. The molecule has 1 fully saturated rings. The fourth-order valence-corrected chi connectivity index (χ4v) is 4.73. The van der Waals surface area contributed by atoms with Crippen molar-refractivity contribution in [1.29, 1.82) is 0 Å². The molecule has 0 aliphatic carbocycles. The number of carbonyl (C=O) groups is 1. The highest BCUT2D eigenvalue weighted by Crippen LogP contribution is 2.22. The van der Waals surface area contributed by atoms with E-state index in [0.29, 0.717) is 24.3 Å². The fraction of sp³-hybridized carbons (Fsp3) is 0.316. The van der Waals surface area contributed by atoms with E-state index in [1.165, 1.54) is 0 Å². The van der Waals surface area contributed by atoms with E-state index in [1.54, 1.807) is 52.8 Å². The van der Waals surface area contributed by atoms with Gasteiger partial charge in [-0.15, -0.1) is 0 Å². The second-order valence-electron chi connectivity index (χ2n) is 6.30. The monoisotopic (exact) mass is 436 g/mol. The van der Waals surface area contributed by atoms with Gasteiger partial charge in [-0.05, 0) is 61.4 Å². The first-order valence-electron chi connectivity index (χ1n) is 8.64. The lowest BCUT2D eigenvalue weighted by Crippen LogP contribution is -2.31. The minimum absolute atomic E-state index is 0.236. The Bertz CT molecular complexity index is 857. The number of amides is 1. The smallest absolute Gasteiger partial charge is 0.255 e. The van der Waals surface area contributed by atoms with Gasteiger partial charge in [0.05, 0.1) is 4.90 Å². The second kappa shape index (κ2) is 8.33. The number of nitrogens with zero attached hydrogens (tertiary/aromatic N) is 1. The van der Waals surface area contributed by atoms with Crippen molar-refractivity contribution in [2.45, 2.75) is 30.6 Å². The Hall–Kier alpha value is -1.70. The van der Waals surface area contributed by atoms with Crippen molar-refractivity contribution in [2.75, 3.05) is 18.4 Å². The summed E-state index contributed by atoms with van der Waals surface area (Å²) >= 11 is 3.33. The number of sulfonamides is 1. The number of hydrogen-bond donors (Lipinski definition) is 1. The van der Waals surface area contributed by atoms with Gasteiger partial charge in [0, 0.05) is 28.8 Å². The Morgan fingerprint density at radius 3 is 2.04 bits per heavy atom. The maximum absolute atomic E-state index is 12.8. The summed E-state index contributed by atoms with van der Waals surface area (Å²) in [5.74, 6) is -0.236. The van der Waals surface area contributed by atoms with Crippen LogP contribution in [-0.2, 0) is 10.0 Å². The molecule has 26 heavy (non-hydrogen) atoms. The van der Waals surface area contributed by atoms with E-state index in [-0.39, 0.29) is 10.8 Å². The molecule has 0 atom stereocenters. The Kier molecular flexibility index (Phi) is 6.11. The van der Waals surface area contributed by atoms with E-state index >= 15 is 0 Å². The summed E-state index contributed by atoms with van der Waals surface area (Å²) in [6, 6.07) is 13.4. The van der Waals surface area contributed by atoms with E-state index in [1.807, 2.05) is 0 Å². The summed E-state index contributed by atoms with van der Waals surface area (Å²) in [5.41, 5.74) is 1.10. The molecule has 1 N–H and O–H groups in total. The van der Waals surface area contributed by atoms with Crippen LogP contribution in [0.15, 0.2) is 57.9 Å². The summed E-state index contributed by atoms with van der Waals surface area (Å²) in [4.78, 5) is 12.5. The largest absolute Gasteiger partial charge is 0.322 e. The van der Waals surface area contributed by atoms with Gasteiger partial charge in [-0.2, -0.15) is 4.31 Å². The van der Waals surface area contributed by atoms with E-state index in [2.05, 4.69) is 21.2 Å². The molecule has 138 valence electrons. The third kappa shape index (κ3) is 4.52. The van der Waals surface area contributed by atoms with Crippen molar-refractivity contribution >= 4 is 37.5 Å². The van der Waals surface area contributed by atoms with Crippen LogP contribution in [0.4, 0.5) is 5.69 Å². The topological polar surface area (TPSA) is 66.5 Å². The summed E-state index contributed by atoms with van der Waals surface area (Å²) in [6.07, 6.45) is 3.96. The zero-order valence-corrected chi connectivity index (χ0v) is 16.7. The molecule has 0 unspecified atom stereocenters. The SMILES string of the molecule is O=C(Nc1ccc(S(=O)(=O)N2CCCCCC2)cc1)c1ccc(Br)cc1. The standard InChI is InChI=1S/C19H21BrN2O3S/c20-16-7-5-15(6-8-16)19(23)21-17-9-11-18(12-10-17)26(24,25)22-13-3-1-2-4-14-22/h5-12H,1-4,13-14H2,(H,21,23). The highest BCUT2D eigenvalue weighted by atomic mass is 79.9. The number of rotatable bonds is 4. The highest BCUT2D eigenvalue weighted by Gasteiger charge is 2.24. The molecule has 1 aliphatic rings. The Morgan fingerprint density at radius 2 is 1.46 bits per heavy atom. The first-order chi connectivity index (χ1) is 12.5. The molecule has 1 heterocycles. The van der Waals surface area contributed by atoms with E-state index in [0.717, 1.165) is 30.2 Å². The van der Waals surface area contributed by atoms with Crippen molar-refractivity contribution in [3.05, 3.63) is 58.6 Å². The van der Waals surface area contributed by atoms with Crippen molar-refractivity contribution in [3.8, 4) is 0 Å². The lowest BCUT2D eigenvalue weighted by atomic mass is 10.2. The van der Waals surface area contributed by atoms with Crippen LogP contribution in [0, 0.1) is 0 Å². The maximum Gasteiger partial charge on any atom is 0.255 e. The summed E-state index contributed by atoms with van der Waals surface area (Å²) in [7, 11) is -3.47. The molecule has 0 aromatic heterocycles. The first kappa shape index (κ1) is 19.1. The molecule has 3 rings (SSSR count). The van der Waals surface area contributed by atoms with E-state index in [9.17, 15) is 13.2 Å². The van der Waals surface area contributed by atoms with Crippen molar-refractivity contribution in [2.24, 2.45) is 0 Å². The summed E-state index contributed by atoms with van der Waals surface area (Å²) in [6.45, 7) is 1.15. The molecule has 0 bridgehead atoms. The van der Waals surface area contributed by atoms with Crippen LogP contribution in [0.3, 0.4) is 0 Å². The fourth-order valence-electron chi connectivity index (χ4n) is 2.95. The van der Waals surface area contributed by atoms with Gasteiger partial charge in [-0.25, -0.2) is 8.42 Å². The predicted octanol–water partition coefficient (Wildman–Crippen LogP) is 4.27. The zero-order valence-electron chi connectivity index (χ0n) is 14.3. The van der Waals surface area contributed by atoms with Gasteiger partial charge < -0.3 is 5.32 Å². The minimum atomic E-state index is -3.47. The highest BCUT2D eigenvalue weighted by molar-refractivity contribution is 9.10. The Labute approximate surface area is 162 Å². The van der Waals surface area contributed by atoms with Gasteiger partial charge in [0.15, 0.2) is 0 Å². The van der Waals surface area contributed by atoms with Crippen LogP contribution in [0.5, 0.6) is 0 Å². The normalized spacial score (nSPS) is 16.0. The number of anilines is 1. The molecule has 7 heteroatoms. The molecule has 1 amide bonds. The molecule has 1 saturated heterocycles. The lowest BCUT2D eigenvalue weighted by molar-refractivity contribution is 0.102. The van der Waals surface area contributed by atoms with Crippen LogP contribution in [-0.4, -0.2) is 31.7 Å². The summed E-state index contributed by atoms with van der Waals surface area (Å²) in [5, 5.41) is 2.78. The molecule has 2 aromatic rings. The van der Waals surface area contributed by atoms with Crippen molar-refractivity contribution in [1.82, 2.24) is 4.31 Å². The van der Waals surface area contributed by atoms with Crippen LogP contribution >= 0.6 is 15.9 Å².